The Morgan fingerprint density at radius 2 is 2.10 bits per heavy atom. The zero-order valence-corrected chi connectivity index (χ0v) is 7.71. The van der Waals surface area contributed by atoms with Gasteiger partial charge in [0.2, 0.25) is 0 Å². The molecule has 2 heteroatoms. The van der Waals surface area contributed by atoms with Crippen molar-refractivity contribution >= 4 is 15.9 Å². The number of halogens is 1. The molecule has 0 heterocycles. The average Bonchev–Trinajstić information content (AvgIpc) is 2.36. The van der Waals surface area contributed by atoms with Crippen LogP contribution in [0, 0.1) is 17.8 Å². The van der Waals surface area contributed by atoms with Gasteiger partial charge in [-0.25, -0.2) is 0 Å². The summed E-state index contributed by atoms with van der Waals surface area (Å²) in [5.74, 6) is 2.18. The Hall–Kier alpha value is 0.440. The third-order valence-electron chi connectivity index (χ3n) is 3.20. The molecule has 1 N–H and O–H groups in total. The molecule has 2 fully saturated rings. The first-order valence-corrected chi connectivity index (χ1v) is 4.94. The predicted octanol–water partition coefficient (Wildman–Crippen LogP) is 1.79. The van der Waals surface area contributed by atoms with E-state index in [9.17, 15) is 5.11 Å². The summed E-state index contributed by atoms with van der Waals surface area (Å²) in [5, 5.41) is 9.56. The van der Waals surface area contributed by atoms with E-state index >= 15 is 0 Å². The van der Waals surface area contributed by atoms with Crippen molar-refractivity contribution in [2.75, 3.05) is 0 Å². The largest absolute Gasteiger partial charge is 0.392 e. The highest BCUT2D eigenvalue weighted by Crippen LogP contribution is 2.51. The zero-order chi connectivity index (χ0) is 7.30. The van der Waals surface area contributed by atoms with Crippen LogP contribution in [0.3, 0.4) is 0 Å². The Morgan fingerprint density at radius 3 is 2.50 bits per heavy atom. The second-order valence-corrected chi connectivity index (χ2v) is 4.86. The van der Waals surface area contributed by atoms with Crippen molar-refractivity contribution in [3.05, 3.63) is 0 Å². The van der Waals surface area contributed by atoms with Crippen molar-refractivity contribution < 1.29 is 5.11 Å². The Labute approximate surface area is 69.9 Å². The van der Waals surface area contributed by atoms with E-state index in [0.717, 1.165) is 11.8 Å². The maximum atomic E-state index is 9.56. The number of hydrogen-bond acceptors (Lipinski definition) is 1. The minimum absolute atomic E-state index is 0.0544. The lowest BCUT2D eigenvalue weighted by molar-refractivity contribution is 0.107. The van der Waals surface area contributed by atoms with Crippen LogP contribution in [0.4, 0.5) is 0 Å². The molecule has 2 aliphatic carbocycles. The van der Waals surface area contributed by atoms with Crippen LogP contribution in [-0.4, -0.2) is 16.0 Å². The van der Waals surface area contributed by atoms with Crippen LogP contribution >= 0.6 is 15.9 Å². The van der Waals surface area contributed by atoms with E-state index in [1.54, 1.807) is 0 Å². The second kappa shape index (κ2) is 2.21. The summed E-state index contributed by atoms with van der Waals surface area (Å²) in [6.45, 7) is 2.30. The summed E-state index contributed by atoms with van der Waals surface area (Å²) < 4.78 is 0. The van der Waals surface area contributed by atoms with Crippen molar-refractivity contribution in [3.63, 3.8) is 0 Å². The standard InChI is InChI=1S/C8H13BrO/c1-4-2-5-3-6(4)7(9)8(5)10/h4-8,10H,2-3H2,1H3. The highest BCUT2D eigenvalue weighted by molar-refractivity contribution is 9.09. The highest BCUT2D eigenvalue weighted by atomic mass is 79.9. The van der Waals surface area contributed by atoms with Crippen LogP contribution in [0.2, 0.25) is 0 Å². The van der Waals surface area contributed by atoms with Gasteiger partial charge in [0, 0.05) is 4.83 Å². The Balaban J connectivity index is 2.16. The first kappa shape index (κ1) is 7.11. The van der Waals surface area contributed by atoms with Crippen LogP contribution in [0.1, 0.15) is 19.8 Å². The number of hydrogen-bond donors (Lipinski definition) is 1. The topological polar surface area (TPSA) is 20.2 Å². The molecular formula is C8H13BrO. The number of aliphatic hydroxyl groups is 1. The second-order valence-electron chi connectivity index (χ2n) is 3.81. The Morgan fingerprint density at radius 1 is 1.40 bits per heavy atom. The fraction of sp³-hybridized carbons (Fsp3) is 1.00. The summed E-state index contributed by atoms with van der Waals surface area (Å²) >= 11 is 3.55. The van der Waals surface area contributed by atoms with Gasteiger partial charge in [0.1, 0.15) is 0 Å². The van der Waals surface area contributed by atoms with E-state index in [4.69, 9.17) is 0 Å². The van der Waals surface area contributed by atoms with Gasteiger partial charge in [0.15, 0.2) is 0 Å². The van der Waals surface area contributed by atoms with Gasteiger partial charge in [0.25, 0.3) is 0 Å². The molecule has 0 amide bonds. The molecule has 5 atom stereocenters. The van der Waals surface area contributed by atoms with Crippen molar-refractivity contribution in [3.8, 4) is 0 Å². The van der Waals surface area contributed by atoms with Crippen molar-refractivity contribution in [1.29, 1.82) is 0 Å². The molecule has 2 saturated carbocycles. The molecule has 0 aromatic rings. The minimum Gasteiger partial charge on any atom is -0.392 e. The number of rotatable bonds is 0. The minimum atomic E-state index is -0.0544. The lowest BCUT2D eigenvalue weighted by Crippen LogP contribution is -2.31. The molecule has 2 rings (SSSR count). The van der Waals surface area contributed by atoms with Gasteiger partial charge in [-0.3, -0.25) is 0 Å². The molecular weight excluding hydrogens is 192 g/mol. The van der Waals surface area contributed by atoms with E-state index in [2.05, 4.69) is 22.9 Å². The summed E-state index contributed by atoms with van der Waals surface area (Å²) in [7, 11) is 0. The zero-order valence-electron chi connectivity index (χ0n) is 6.13. The summed E-state index contributed by atoms with van der Waals surface area (Å²) in [4.78, 5) is 0.390. The molecule has 1 nitrogen and oxygen atoms in total. The van der Waals surface area contributed by atoms with Gasteiger partial charge >= 0.3 is 0 Å². The highest BCUT2D eigenvalue weighted by Gasteiger charge is 2.49. The van der Waals surface area contributed by atoms with Crippen molar-refractivity contribution in [2.24, 2.45) is 17.8 Å². The fourth-order valence-electron chi connectivity index (χ4n) is 2.57. The molecule has 58 valence electrons. The van der Waals surface area contributed by atoms with Gasteiger partial charge in [-0.05, 0) is 30.6 Å². The maximum absolute atomic E-state index is 9.56. The lowest BCUT2D eigenvalue weighted by atomic mass is 9.89. The molecule has 10 heavy (non-hydrogen) atoms. The normalized spacial score (nSPS) is 59.7. The molecule has 0 aromatic carbocycles. The molecule has 5 unspecified atom stereocenters. The van der Waals surface area contributed by atoms with Crippen LogP contribution in [0.25, 0.3) is 0 Å². The SMILES string of the molecule is CC1CC2CC1C(Br)C2O. The van der Waals surface area contributed by atoms with Gasteiger partial charge in [-0.1, -0.05) is 22.9 Å². The number of fused-ring (bicyclic) bond motifs is 2. The number of aliphatic hydroxyl groups excluding tert-OH is 1. The third kappa shape index (κ3) is 0.782. The third-order valence-corrected chi connectivity index (χ3v) is 4.42. The molecule has 0 spiro atoms. The van der Waals surface area contributed by atoms with Crippen LogP contribution in [0.15, 0.2) is 0 Å². The molecule has 0 aliphatic heterocycles. The molecule has 0 saturated heterocycles. The van der Waals surface area contributed by atoms with Crippen molar-refractivity contribution in [1.82, 2.24) is 0 Å². The predicted molar refractivity (Wildman–Crippen MR) is 44.1 cm³/mol. The summed E-state index contributed by atoms with van der Waals surface area (Å²) in [6.07, 6.45) is 2.44. The van der Waals surface area contributed by atoms with E-state index in [-0.39, 0.29) is 6.10 Å². The maximum Gasteiger partial charge on any atom is 0.0696 e. The molecule has 0 aromatic heterocycles. The van der Waals surface area contributed by atoms with E-state index in [1.807, 2.05) is 0 Å². The van der Waals surface area contributed by atoms with Gasteiger partial charge in [-0.15, -0.1) is 0 Å². The molecule has 0 radical (unpaired) electrons. The fourth-order valence-corrected chi connectivity index (χ4v) is 3.73. The van der Waals surface area contributed by atoms with Crippen LogP contribution in [0.5, 0.6) is 0 Å². The van der Waals surface area contributed by atoms with Gasteiger partial charge in [-0.2, -0.15) is 0 Å². The average molecular weight is 205 g/mol. The first-order chi connectivity index (χ1) is 4.70. The quantitative estimate of drug-likeness (QED) is 0.597. The first-order valence-electron chi connectivity index (χ1n) is 4.02. The monoisotopic (exact) mass is 204 g/mol. The smallest absolute Gasteiger partial charge is 0.0696 e. The lowest BCUT2D eigenvalue weighted by Gasteiger charge is -2.26. The van der Waals surface area contributed by atoms with Gasteiger partial charge in [0.05, 0.1) is 6.10 Å². The van der Waals surface area contributed by atoms with Crippen LogP contribution in [-0.2, 0) is 0 Å². The van der Waals surface area contributed by atoms with E-state index in [0.29, 0.717) is 10.7 Å². The molecule has 2 aliphatic rings. The molecule has 2 bridgehead atoms. The van der Waals surface area contributed by atoms with Gasteiger partial charge < -0.3 is 5.11 Å². The Kier molecular flexibility index (Phi) is 1.57. The van der Waals surface area contributed by atoms with Crippen molar-refractivity contribution in [2.45, 2.75) is 30.7 Å². The van der Waals surface area contributed by atoms with Crippen LogP contribution < -0.4 is 0 Å². The van der Waals surface area contributed by atoms with E-state index < -0.39 is 0 Å². The summed E-state index contributed by atoms with van der Waals surface area (Å²) in [6, 6.07) is 0. The summed E-state index contributed by atoms with van der Waals surface area (Å²) in [5.41, 5.74) is 0. The van der Waals surface area contributed by atoms with E-state index in [1.165, 1.54) is 12.8 Å². The Bertz CT molecular complexity index is 146. The number of alkyl halides is 1.